The van der Waals surface area contributed by atoms with Crippen molar-refractivity contribution in [1.82, 2.24) is 9.80 Å². The van der Waals surface area contributed by atoms with Crippen LogP contribution in [-0.4, -0.2) is 36.5 Å². The molecular weight excluding hydrogens is 152 g/mol. The fraction of sp³-hybridized carbons (Fsp3) is 0.444. The van der Waals surface area contributed by atoms with Crippen LogP contribution >= 0.6 is 0 Å². The van der Waals surface area contributed by atoms with Crippen molar-refractivity contribution in [3.8, 4) is 0 Å². The maximum Gasteiger partial charge on any atom is 0.323 e. The Morgan fingerprint density at radius 3 is 2.42 bits per heavy atom. The van der Waals surface area contributed by atoms with Crippen molar-refractivity contribution in [3.63, 3.8) is 0 Å². The van der Waals surface area contributed by atoms with Crippen LogP contribution in [0, 0.1) is 0 Å². The summed E-state index contributed by atoms with van der Waals surface area (Å²) in [4.78, 5) is 14.5. The standard InChI is InChI=1S/C9H16N2O/c1-5-7-11(8-6-2)9(12)10(3)4/h5-6,8H,1,7H2,2-4H3/b8-6+. The van der Waals surface area contributed by atoms with E-state index in [1.165, 1.54) is 4.90 Å². The molecule has 68 valence electrons. The van der Waals surface area contributed by atoms with Gasteiger partial charge in [0.15, 0.2) is 0 Å². The molecule has 0 heterocycles. The SMILES string of the molecule is C=CCN(/C=C/C)C(=O)N(C)C. The number of nitrogens with zero attached hydrogens (tertiary/aromatic N) is 2. The maximum absolute atomic E-state index is 11.4. The Hall–Kier alpha value is -1.25. The highest BCUT2D eigenvalue weighted by Gasteiger charge is 2.09. The smallest absolute Gasteiger partial charge is 0.323 e. The highest BCUT2D eigenvalue weighted by Crippen LogP contribution is 1.96. The molecular formula is C9H16N2O. The molecule has 0 N–H and O–H groups in total. The average Bonchev–Trinajstić information content (AvgIpc) is 2.03. The molecule has 0 aromatic heterocycles. The molecule has 0 bridgehead atoms. The first kappa shape index (κ1) is 10.8. The third-order valence-corrected chi connectivity index (χ3v) is 1.28. The van der Waals surface area contributed by atoms with Gasteiger partial charge in [-0.25, -0.2) is 4.79 Å². The molecule has 0 saturated carbocycles. The number of amides is 2. The molecule has 0 aliphatic rings. The van der Waals surface area contributed by atoms with Gasteiger partial charge in [-0.15, -0.1) is 6.58 Å². The van der Waals surface area contributed by atoms with Crippen molar-refractivity contribution in [2.45, 2.75) is 6.92 Å². The molecule has 0 aliphatic heterocycles. The summed E-state index contributed by atoms with van der Waals surface area (Å²) in [5, 5.41) is 0. The van der Waals surface area contributed by atoms with E-state index >= 15 is 0 Å². The first-order valence-electron chi connectivity index (χ1n) is 3.85. The number of rotatable bonds is 3. The zero-order valence-electron chi connectivity index (χ0n) is 7.95. The zero-order valence-corrected chi connectivity index (χ0v) is 7.95. The molecule has 3 nitrogen and oxygen atoms in total. The van der Waals surface area contributed by atoms with E-state index in [9.17, 15) is 4.79 Å². The molecule has 0 rings (SSSR count). The van der Waals surface area contributed by atoms with Gasteiger partial charge < -0.3 is 4.90 Å². The van der Waals surface area contributed by atoms with Gasteiger partial charge in [0.25, 0.3) is 0 Å². The van der Waals surface area contributed by atoms with Gasteiger partial charge in [-0.05, 0) is 6.92 Å². The number of carbonyl (C=O) groups is 1. The van der Waals surface area contributed by atoms with Gasteiger partial charge in [0.1, 0.15) is 0 Å². The summed E-state index contributed by atoms with van der Waals surface area (Å²) in [6.07, 6.45) is 5.26. The third-order valence-electron chi connectivity index (χ3n) is 1.28. The predicted octanol–water partition coefficient (Wildman–Crippen LogP) is 1.69. The topological polar surface area (TPSA) is 23.6 Å². The largest absolute Gasteiger partial charge is 0.330 e. The van der Waals surface area contributed by atoms with Crippen molar-refractivity contribution in [1.29, 1.82) is 0 Å². The van der Waals surface area contributed by atoms with Gasteiger partial charge in [-0.3, -0.25) is 4.90 Å². The van der Waals surface area contributed by atoms with E-state index in [1.807, 2.05) is 13.0 Å². The third kappa shape index (κ3) is 3.23. The lowest BCUT2D eigenvalue weighted by atomic mass is 10.5. The fourth-order valence-electron chi connectivity index (χ4n) is 0.779. The van der Waals surface area contributed by atoms with Crippen molar-refractivity contribution < 1.29 is 4.79 Å². The Kier molecular flexibility index (Phi) is 4.84. The quantitative estimate of drug-likeness (QED) is 0.588. The van der Waals surface area contributed by atoms with Crippen molar-refractivity contribution in [2.75, 3.05) is 20.6 Å². The molecule has 0 aromatic rings. The zero-order chi connectivity index (χ0) is 9.56. The van der Waals surface area contributed by atoms with Crippen LogP contribution in [-0.2, 0) is 0 Å². The lowest BCUT2D eigenvalue weighted by Crippen LogP contribution is -2.35. The molecule has 0 saturated heterocycles. The molecule has 12 heavy (non-hydrogen) atoms. The van der Waals surface area contributed by atoms with Crippen LogP contribution in [0.2, 0.25) is 0 Å². The molecule has 0 fully saturated rings. The van der Waals surface area contributed by atoms with Crippen molar-refractivity contribution >= 4 is 6.03 Å². The molecule has 0 atom stereocenters. The van der Waals surface area contributed by atoms with Gasteiger partial charge in [-0.2, -0.15) is 0 Å². The normalized spacial score (nSPS) is 9.92. The highest BCUT2D eigenvalue weighted by atomic mass is 16.2. The van der Waals surface area contributed by atoms with E-state index in [1.54, 1.807) is 31.3 Å². The Morgan fingerprint density at radius 1 is 1.50 bits per heavy atom. The second-order valence-corrected chi connectivity index (χ2v) is 2.60. The number of hydrogen-bond donors (Lipinski definition) is 0. The monoisotopic (exact) mass is 168 g/mol. The van der Waals surface area contributed by atoms with Crippen LogP contribution < -0.4 is 0 Å². The minimum atomic E-state index is -0.0343. The van der Waals surface area contributed by atoms with E-state index in [-0.39, 0.29) is 6.03 Å². The van der Waals surface area contributed by atoms with Crippen LogP contribution in [0.1, 0.15) is 6.92 Å². The second-order valence-electron chi connectivity index (χ2n) is 2.60. The molecule has 0 spiro atoms. The molecule has 0 aliphatic carbocycles. The molecule has 3 heteroatoms. The molecule has 2 amide bonds. The van der Waals surface area contributed by atoms with E-state index in [4.69, 9.17) is 0 Å². The molecule has 0 aromatic carbocycles. The molecule has 0 unspecified atom stereocenters. The van der Waals surface area contributed by atoms with E-state index in [2.05, 4.69) is 6.58 Å². The number of allylic oxidation sites excluding steroid dienone is 1. The van der Waals surface area contributed by atoms with Gasteiger partial charge >= 0.3 is 6.03 Å². The fourth-order valence-corrected chi connectivity index (χ4v) is 0.779. The van der Waals surface area contributed by atoms with Crippen LogP contribution in [0.25, 0.3) is 0 Å². The van der Waals surface area contributed by atoms with Gasteiger partial charge in [-0.1, -0.05) is 12.2 Å². The van der Waals surface area contributed by atoms with Crippen LogP contribution in [0.15, 0.2) is 24.9 Å². The Labute approximate surface area is 74.0 Å². The Bertz CT molecular complexity index is 185. The first-order valence-corrected chi connectivity index (χ1v) is 3.85. The second kappa shape index (κ2) is 5.41. The summed E-state index contributed by atoms with van der Waals surface area (Å²) >= 11 is 0. The summed E-state index contributed by atoms with van der Waals surface area (Å²) in [6.45, 7) is 6.00. The summed E-state index contributed by atoms with van der Waals surface area (Å²) in [5.74, 6) is 0. The number of carbonyl (C=O) groups excluding carboxylic acids is 1. The van der Waals surface area contributed by atoms with Crippen LogP contribution in [0.3, 0.4) is 0 Å². The lowest BCUT2D eigenvalue weighted by Gasteiger charge is -2.20. The molecule has 0 radical (unpaired) electrons. The van der Waals surface area contributed by atoms with Crippen molar-refractivity contribution in [2.24, 2.45) is 0 Å². The van der Waals surface area contributed by atoms with Crippen LogP contribution in [0.5, 0.6) is 0 Å². The minimum Gasteiger partial charge on any atom is -0.330 e. The summed E-state index contributed by atoms with van der Waals surface area (Å²) in [6, 6.07) is -0.0343. The summed E-state index contributed by atoms with van der Waals surface area (Å²) in [5.41, 5.74) is 0. The summed E-state index contributed by atoms with van der Waals surface area (Å²) in [7, 11) is 3.45. The van der Waals surface area contributed by atoms with E-state index in [0.717, 1.165) is 0 Å². The first-order chi connectivity index (χ1) is 5.63. The summed E-state index contributed by atoms with van der Waals surface area (Å²) < 4.78 is 0. The maximum atomic E-state index is 11.4. The van der Waals surface area contributed by atoms with E-state index < -0.39 is 0 Å². The minimum absolute atomic E-state index is 0.0343. The Morgan fingerprint density at radius 2 is 2.08 bits per heavy atom. The van der Waals surface area contributed by atoms with Gasteiger partial charge in [0, 0.05) is 26.8 Å². The number of urea groups is 1. The van der Waals surface area contributed by atoms with Crippen LogP contribution in [0.4, 0.5) is 4.79 Å². The Balaban J connectivity index is 4.28. The van der Waals surface area contributed by atoms with Crippen molar-refractivity contribution in [3.05, 3.63) is 24.9 Å². The van der Waals surface area contributed by atoms with E-state index in [0.29, 0.717) is 6.54 Å². The highest BCUT2D eigenvalue weighted by molar-refractivity contribution is 5.75. The predicted molar refractivity (Wildman–Crippen MR) is 50.8 cm³/mol. The van der Waals surface area contributed by atoms with Gasteiger partial charge in [0.2, 0.25) is 0 Å². The average molecular weight is 168 g/mol. The van der Waals surface area contributed by atoms with Gasteiger partial charge in [0.05, 0.1) is 0 Å². The lowest BCUT2D eigenvalue weighted by molar-refractivity contribution is 0.192. The number of hydrogen-bond acceptors (Lipinski definition) is 1.